The maximum atomic E-state index is 13.5. The normalized spacial score (nSPS) is 10.3. The molecule has 3 nitrogen and oxygen atoms in total. The van der Waals surface area contributed by atoms with Crippen molar-refractivity contribution >= 4 is 15.9 Å². The van der Waals surface area contributed by atoms with Gasteiger partial charge in [0, 0.05) is 10.7 Å². The predicted molar refractivity (Wildman–Crippen MR) is 74.2 cm³/mol. The Morgan fingerprint density at radius 3 is 2.53 bits per heavy atom. The van der Waals surface area contributed by atoms with Gasteiger partial charge in [-0.15, -0.1) is 0 Å². The molecule has 100 valence electrons. The van der Waals surface area contributed by atoms with E-state index in [9.17, 15) is 4.39 Å². The molecule has 0 aliphatic heterocycles. The topological polar surface area (TPSA) is 31.4 Å². The van der Waals surface area contributed by atoms with E-state index in [1.165, 1.54) is 12.3 Å². The molecule has 0 saturated carbocycles. The summed E-state index contributed by atoms with van der Waals surface area (Å²) in [6, 6.07) is 8.30. The third kappa shape index (κ3) is 3.92. The molecule has 0 amide bonds. The van der Waals surface area contributed by atoms with Crippen LogP contribution in [0.2, 0.25) is 0 Å². The van der Waals surface area contributed by atoms with Gasteiger partial charge in [0.05, 0.1) is 6.61 Å². The number of aromatic nitrogens is 1. The van der Waals surface area contributed by atoms with Crippen LogP contribution in [0.5, 0.6) is 17.4 Å². The van der Waals surface area contributed by atoms with E-state index in [1.54, 1.807) is 24.3 Å². The molecular weight excluding hydrogens is 313 g/mol. The SMILES string of the molecule is CCCOc1ccc(Oc2ncc(Br)cc2F)cc1. The fraction of sp³-hybridized carbons (Fsp3) is 0.214. The standard InChI is InChI=1S/C14H13BrFNO2/c1-2-7-18-11-3-5-12(6-4-11)19-14-13(16)8-10(15)9-17-14/h3-6,8-9H,2,7H2,1H3. The van der Waals surface area contributed by atoms with Crippen LogP contribution < -0.4 is 9.47 Å². The molecule has 0 spiro atoms. The molecule has 5 heteroatoms. The fourth-order valence-electron chi connectivity index (χ4n) is 1.41. The van der Waals surface area contributed by atoms with Crippen molar-refractivity contribution in [1.29, 1.82) is 0 Å². The minimum Gasteiger partial charge on any atom is -0.494 e. The van der Waals surface area contributed by atoms with Gasteiger partial charge in [0.2, 0.25) is 0 Å². The fourth-order valence-corrected chi connectivity index (χ4v) is 1.72. The molecule has 0 N–H and O–H groups in total. The Balaban J connectivity index is 2.06. The van der Waals surface area contributed by atoms with Crippen molar-refractivity contribution in [3.05, 3.63) is 46.8 Å². The summed E-state index contributed by atoms with van der Waals surface area (Å²) in [4.78, 5) is 3.87. The molecule has 0 aliphatic carbocycles. The van der Waals surface area contributed by atoms with Crippen LogP contribution in [-0.2, 0) is 0 Å². The van der Waals surface area contributed by atoms with Gasteiger partial charge < -0.3 is 9.47 Å². The quantitative estimate of drug-likeness (QED) is 0.807. The summed E-state index contributed by atoms with van der Waals surface area (Å²) in [5.74, 6) is 0.710. The first-order valence-corrected chi connectivity index (χ1v) is 6.70. The second-order valence-corrected chi connectivity index (χ2v) is 4.78. The monoisotopic (exact) mass is 325 g/mol. The van der Waals surface area contributed by atoms with Crippen LogP contribution >= 0.6 is 15.9 Å². The molecule has 0 saturated heterocycles. The van der Waals surface area contributed by atoms with Gasteiger partial charge in [-0.3, -0.25) is 0 Å². The minimum atomic E-state index is -0.513. The Hall–Kier alpha value is -1.62. The first-order chi connectivity index (χ1) is 9.19. The summed E-state index contributed by atoms with van der Waals surface area (Å²) < 4.78 is 24.9. The van der Waals surface area contributed by atoms with E-state index in [0.717, 1.165) is 12.2 Å². The van der Waals surface area contributed by atoms with Crippen LogP contribution in [-0.4, -0.2) is 11.6 Å². The predicted octanol–water partition coefficient (Wildman–Crippen LogP) is 4.56. The zero-order chi connectivity index (χ0) is 13.7. The van der Waals surface area contributed by atoms with Crippen LogP contribution in [0.3, 0.4) is 0 Å². The number of pyridine rings is 1. The molecule has 2 aromatic rings. The van der Waals surface area contributed by atoms with Gasteiger partial charge in [-0.25, -0.2) is 9.37 Å². The van der Waals surface area contributed by atoms with E-state index in [2.05, 4.69) is 20.9 Å². The van der Waals surface area contributed by atoms with Crippen molar-refractivity contribution in [2.45, 2.75) is 13.3 Å². The van der Waals surface area contributed by atoms with Gasteiger partial charge in [0.25, 0.3) is 5.88 Å². The summed E-state index contributed by atoms with van der Waals surface area (Å²) in [5.41, 5.74) is 0. The lowest BCUT2D eigenvalue weighted by Crippen LogP contribution is -1.95. The Labute approximate surface area is 119 Å². The zero-order valence-electron chi connectivity index (χ0n) is 10.4. The first-order valence-electron chi connectivity index (χ1n) is 5.91. The maximum absolute atomic E-state index is 13.5. The highest BCUT2D eigenvalue weighted by Crippen LogP contribution is 2.25. The Morgan fingerprint density at radius 2 is 1.89 bits per heavy atom. The third-order valence-electron chi connectivity index (χ3n) is 2.29. The average Bonchev–Trinajstić information content (AvgIpc) is 2.41. The van der Waals surface area contributed by atoms with Gasteiger partial charge in [-0.2, -0.15) is 0 Å². The van der Waals surface area contributed by atoms with Gasteiger partial charge in [0.15, 0.2) is 5.82 Å². The highest BCUT2D eigenvalue weighted by molar-refractivity contribution is 9.10. The van der Waals surface area contributed by atoms with Crippen LogP contribution in [0.4, 0.5) is 4.39 Å². The number of nitrogens with zero attached hydrogens (tertiary/aromatic N) is 1. The number of halogens is 2. The van der Waals surface area contributed by atoms with Crippen LogP contribution in [0, 0.1) is 5.82 Å². The highest BCUT2D eigenvalue weighted by Gasteiger charge is 2.07. The molecule has 0 bridgehead atoms. The average molecular weight is 326 g/mol. The summed E-state index contributed by atoms with van der Waals surface area (Å²) in [6.45, 7) is 2.71. The molecule has 2 rings (SSSR count). The minimum absolute atomic E-state index is 0.0505. The van der Waals surface area contributed by atoms with E-state index < -0.39 is 5.82 Å². The zero-order valence-corrected chi connectivity index (χ0v) is 12.0. The van der Waals surface area contributed by atoms with E-state index >= 15 is 0 Å². The second-order valence-electron chi connectivity index (χ2n) is 3.86. The van der Waals surface area contributed by atoms with Crippen molar-refractivity contribution in [2.24, 2.45) is 0 Å². The van der Waals surface area contributed by atoms with E-state index in [0.29, 0.717) is 16.8 Å². The number of hydrogen-bond acceptors (Lipinski definition) is 3. The summed E-state index contributed by atoms with van der Waals surface area (Å²) in [5, 5.41) is 0. The van der Waals surface area contributed by atoms with Gasteiger partial charge in [-0.05, 0) is 52.7 Å². The molecular formula is C14H13BrFNO2. The Kier molecular flexibility index (Phi) is 4.74. The van der Waals surface area contributed by atoms with Crippen LogP contribution in [0.1, 0.15) is 13.3 Å². The van der Waals surface area contributed by atoms with Crippen molar-refractivity contribution in [3.63, 3.8) is 0 Å². The maximum Gasteiger partial charge on any atom is 0.255 e. The number of rotatable bonds is 5. The second kappa shape index (κ2) is 6.52. The smallest absolute Gasteiger partial charge is 0.255 e. The molecule has 1 aromatic heterocycles. The molecule has 1 aromatic carbocycles. The molecule has 0 radical (unpaired) electrons. The van der Waals surface area contributed by atoms with Crippen molar-refractivity contribution in [3.8, 4) is 17.4 Å². The van der Waals surface area contributed by atoms with E-state index in [1.807, 2.05) is 6.92 Å². The largest absolute Gasteiger partial charge is 0.494 e. The molecule has 19 heavy (non-hydrogen) atoms. The number of hydrogen-bond donors (Lipinski definition) is 0. The number of ether oxygens (including phenoxy) is 2. The lowest BCUT2D eigenvalue weighted by molar-refractivity contribution is 0.317. The van der Waals surface area contributed by atoms with Crippen LogP contribution in [0.15, 0.2) is 41.0 Å². The molecule has 0 unspecified atom stereocenters. The van der Waals surface area contributed by atoms with E-state index in [4.69, 9.17) is 9.47 Å². The summed E-state index contributed by atoms with van der Waals surface area (Å²) in [6.07, 6.45) is 2.43. The van der Waals surface area contributed by atoms with Gasteiger partial charge in [0.1, 0.15) is 11.5 Å². The van der Waals surface area contributed by atoms with Crippen LogP contribution in [0.25, 0.3) is 0 Å². The molecule has 0 fully saturated rings. The molecule has 1 heterocycles. The highest BCUT2D eigenvalue weighted by atomic mass is 79.9. The van der Waals surface area contributed by atoms with Gasteiger partial charge in [-0.1, -0.05) is 6.92 Å². The van der Waals surface area contributed by atoms with Gasteiger partial charge >= 0.3 is 0 Å². The number of benzene rings is 1. The Bertz CT molecular complexity index is 546. The van der Waals surface area contributed by atoms with Crippen molar-refractivity contribution in [1.82, 2.24) is 4.98 Å². The summed E-state index contributed by atoms with van der Waals surface area (Å²) in [7, 11) is 0. The molecule has 0 aliphatic rings. The van der Waals surface area contributed by atoms with E-state index in [-0.39, 0.29) is 5.88 Å². The van der Waals surface area contributed by atoms with Crippen molar-refractivity contribution in [2.75, 3.05) is 6.61 Å². The Morgan fingerprint density at radius 1 is 1.21 bits per heavy atom. The lowest BCUT2D eigenvalue weighted by atomic mass is 10.3. The first kappa shape index (κ1) is 13.8. The van der Waals surface area contributed by atoms with Crippen molar-refractivity contribution < 1.29 is 13.9 Å². The summed E-state index contributed by atoms with van der Waals surface area (Å²) >= 11 is 3.14. The lowest BCUT2D eigenvalue weighted by Gasteiger charge is -2.07. The molecule has 0 atom stereocenters. The third-order valence-corrected chi connectivity index (χ3v) is 2.72.